The number of aryl methyl sites for hydroxylation is 1. The van der Waals surface area contributed by atoms with Crippen molar-refractivity contribution in [1.29, 1.82) is 0 Å². The molecule has 1 atom stereocenters. The molecule has 1 aromatic heterocycles. The van der Waals surface area contributed by atoms with Crippen LogP contribution in [-0.4, -0.2) is 20.0 Å². The predicted octanol–water partition coefficient (Wildman–Crippen LogP) is 3.72. The van der Waals surface area contributed by atoms with Gasteiger partial charge in [-0.15, -0.1) is 0 Å². The van der Waals surface area contributed by atoms with Gasteiger partial charge in [-0.1, -0.05) is 23.7 Å². The molecule has 0 bridgehead atoms. The monoisotopic (exact) mass is 347 g/mol. The van der Waals surface area contributed by atoms with Gasteiger partial charge in [0.2, 0.25) is 0 Å². The standard InChI is InChI=1S/C17H18ClN3OS/c1-21-16-6-4-3-5-15(16)20-17(21)10-19-13-7-8-14(18)12(9-13)11-23(2)22/h3-9,19H,10-11H2,1-2H3/t23-/m0/s1. The third-order valence-corrected chi connectivity index (χ3v) is 4.82. The van der Waals surface area contributed by atoms with E-state index in [1.165, 1.54) is 0 Å². The summed E-state index contributed by atoms with van der Waals surface area (Å²) >= 11 is 6.16. The number of aromatic nitrogens is 2. The topological polar surface area (TPSA) is 46.9 Å². The molecule has 3 rings (SSSR count). The molecule has 0 unspecified atom stereocenters. The molecule has 0 amide bonds. The molecule has 0 aliphatic carbocycles. The van der Waals surface area contributed by atoms with E-state index in [1.807, 2.05) is 43.4 Å². The van der Waals surface area contributed by atoms with Crippen molar-refractivity contribution in [2.75, 3.05) is 11.6 Å². The predicted molar refractivity (Wildman–Crippen MR) is 97.3 cm³/mol. The van der Waals surface area contributed by atoms with Gasteiger partial charge < -0.3 is 9.88 Å². The van der Waals surface area contributed by atoms with Crippen LogP contribution >= 0.6 is 11.6 Å². The molecule has 3 aromatic rings. The van der Waals surface area contributed by atoms with E-state index in [9.17, 15) is 4.21 Å². The Kier molecular flexibility index (Phi) is 4.68. The SMILES string of the molecule is Cn1c(CNc2ccc(Cl)c(C[S@](C)=O)c2)nc2ccccc21. The van der Waals surface area contributed by atoms with E-state index in [0.29, 0.717) is 17.3 Å². The number of anilines is 1. The minimum atomic E-state index is -0.918. The van der Waals surface area contributed by atoms with E-state index in [0.717, 1.165) is 28.1 Å². The lowest BCUT2D eigenvalue weighted by Gasteiger charge is -2.09. The summed E-state index contributed by atoms with van der Waals surface area (Å²) in [6, 6.07) is 13.8. The molecule has 2 aromatic carbocycles. The van der Waals surface area contributed by atoms with Crippen molar-refractivity contribution >= 4 is 39.1 Å². The highest BCUT2D eigenvalue weighted by atomic mass is 35.5. The van der Waals surface area contributed by atoms with Gasteiger partial charge in [0, 0.05) is 40.6 Å². The van der Waals surface area contributed by atoms with Crippen LogP contribution in [0, 0.1) is 0 Å². The second-order valence-electron chi connectivity index (χ2n) is 5.45. The molecule has 6 heteroatoms. The lowest BCUT2D eigenvalue weighted by molar-refractivity contribution is 0.686. The smallest absolute Gasteiger partial charge is 0.128 e. The molecule has 1 N–H and O–H groups in total. The van der Waals surface area contributed by atoms with Gasteiger partial charge in [0.15, 0.2) is 0 Å². The van der Waals surface area contributed by atoms with Crippen LogP contribution in [0.3, 0.4) is 0 Å². The van der Waals surface area contributed by atoms with Crippen LogP contribution in [-0.2, 0) is 30.1 Å². The van der Waals surface area contributed by atoms with Crippen LogP contribution in [0.15, 0.2) is 42.5 Å². The molecular weight excluding hydrogens is 330 g/mol. The van der Waals surface area contributed by atoms with Crippen molar-refractivity contribution < 1.29 is 4.21 Å². The largest absolute Gasteiger partial charge is 0.378 e. The second-order valence-corrected chi connectivity index (χ2v) is 7.30. The Morgan fingerprint density at radius 3 is 2.78 bits per heavy atom. The quantitative estimate of drug-likeness (QED) is 0.765. The first-order valence-electron chi connectivity index (χ1n) is 7.27. The number of imidazole rings is 1. The normalized spacial score (nSPS) is 12.5. The van der Waals surface area contributed by atoms with Crippen LogP contribution in [0.2, 0.25) is 5.02 Å². The Morgan fingerprint density at radius 2 is 2.04 bits per heavy atom. The molecule has 1 heterocycles. The molecule has 0 aliphatic heterocycles. The molecule has 0 saturated carbocycles. The first kappa shape index (κ1) is 16.0. The third kappa shape index (κ3) is 3.57. The summed E-state index contributed by atoms with van der Waals surface area (Å²) in [6.45, 7) is 0.613. The van der Waals surface area contributed by atoms with Crippen LogP contribution in [0.25, 0.3) is 11.0 Å². The molecule has 23 heavy (non-hydrogen) atoms. The number of benzene rings is 2. The number of nitrogens with one attached hydrogen (secondary N) is 1. The van der Waals surface area contributed by atoms with Gasteiger partial charge in [-0.3, -0.25) is 4.21 Å². The van der Waals surface area contributed by atoms with Gasteiger partial charge in [-0.2, -0.15) is 0 Å². The Balaban J connectivity index is 1.79. The van der Waals surface area contributed by atoms with Crippen LogP contribution in [0.4, 0.5) is 5.69 Å². The fourth-order valence-corrected chi connectivity index (χ4v) is 3.49. The van der Waals surface area contributed by atoms with Gasteiger partial charge in [-0.25, -0.2) is 4.98 Å². The Morgan fingerprint density at radius 1 is 1.26 bits per heavy atom. The average molecular weight is 348 g/mol. The molecule has 0 fully saturated rings. The van der Waals surface area contributed by atoms with E-state index in [2.05, 4.69) is 20.9 Å². The molecule has 0 saturated heterocycles. The summed E-state index contributed by atoms with van der Waals surface area (Å²) in [7, 11) is 1.10. The zero-order valence-corrected chi connectivity index (χ0v) is 14.6. The van der Waals surface area contributed by atoms with E-state index in [4.69, 9.17) is 11.6 Å². The van der Waals surface area contributed by atoms with Crippen LogP contribution in [0.5, 0.6) is 0 Å². The van der Waals surface area contributed by atoms with Crippen molar-refractivity contribution in [3.63, 3.8) is 0 Å². The van der Waals surface area contributed by atoms with Crippen molar-refractivity contribution in [3.05, 3.63) is 58.9 Å². The summed E-state index contributed by atoms with van der Waals surface area (Å²) in [4.78, 5) is 4.64. The highest BCUT2D eigenvalue weighted by molar-refractivity contribution is 7.83. The van der Waals surface area contributed by atoms with Crippen molar-refractivity contribution in [2.45, 2.75) is 12.3 Å². The molecular formula is C17H18ClN3OS. The maximum atomic E-state index is 11.4. The van der Waals surface area contributed by atoms with Crippen molar-refractivity contribution in [3.8, 4) is 0 Å². The molecule has 0 radical (unpaired) electrons. The number of rotatable bonds is 5. The van der Waals surface area contributed by atoms with Gasteiger partial charge in [-0.05, 0) is 35.9 Å². The third-order valence-electron chi connectivity index (χ3n) is 3.73. The van der Waals surface area contributed by atoms with Gasteiger partial charge >= 0.3 is 0 Å². The molecule has 0 aliphatic rings. The van der Waals surface area contributed by atoms with E-state index < -0.39 is 10.8 Å². The van der Waals surface area contributed by atoms with Gasteiger partial charge in [0.05, 0.1) is 17.6 Å². The van der Waals surface area contributed by atoms with Crippen molar-refractivity contribution in [1.82, 2.24) is 9.55 Å². The number of para-hydroxylation sites is 2. The lowest BCUT2D eigenvalue weighted by atomic mass is 10.2. The van der Waals surface area contributed by atoms with Gasteiger partial charge in [0.1, 0.15) is 5.82 Å². The summed E-state index contributed by atoms with van der Waals surface area (Å²) in [5.41, 5.74) is 3.94. The fraction of sp³-hybridized carbons (Fsp3) is 0.235. The van der Waals surface area contributed by atoms with E-state index in [1.54, 1.807) is 6.26 Å². The van der Waals surface area contributed by atoms with Crippen LogP contribution < -0.4 is 5.32 Å². The zero-order valence-electron chi connectivity index (χ0n) is 13.0. The number of fused-ring (bicyclic) bond motifs is 1. The minimum Gasteiger partial charge on any atom is -0.378 e. The zero-order chi connectivity index (χ0) is 16.4. The van der Waals surface area contributed by atoms with E-state index in [-0.39, 0.29) is 0 Å². The Hall–Kier alpha value is -1.85. The number of hydrogen-bond acceptors (Lipinski definition) is 3. The maximum absolute atomic E-state index is 11.4. The van der Waals surface area contributed by atoms with Gasteiger partial charge in [0.25, 0.3) is 0 Å². The molecule has 0 spiro atoms. The second kappa shape index (κ2) is 6.72. The summed E-state index contributed by atoms with van der Waals surface area (Å²) in [5.74, 6) is 1.42. The highest BCUT2D eigenvalue weighted by Gasteiger charge is 2.08. The first-order chi connectivity index (χ1) is 11.0. The first-order valence-corrected chi connectivity index (χ1v) is 9.38. The molecule has 4 nitrogen and oxygen atoms in total. The summed E-state index contributed by atoms with van der Waals surface area (Å²) in [6.07, 6.45) is 1.68. The molecule has 120 valence electrons. The number of nitrogens with zero attached hydrogens (tertiary/aromatic N) is 2. The van der Waals surface area contributed by atoms with Crippen LogP contribution in [0.1, 0.15) is 11.4 Å². The Bertz CT molecular complexity index is 875. The maximum Gasteiger partial charge on any atom is 0.128 e. The average Bonchev–Trinajstić information content (AvgIpc) is 2.84. The van der Waals surface area contributed by atoms with Crippen molar-refractivity contribution in [2.24, 2.45) is 7.05 Å². The number of hydrogen-bond donors (Lipinski definition) is 1. The van der Waals surface area contributed by atoms with E-state index >= 15 is 0 Å². The highest BCUT2D eigenvalue weighted by Crippen LogP contribution is 2.22. The minimum absolute atomic E-state index is 0.459. The Labute approximate surface area is 142 Å². The fourth-order valence-electron chi connectivity index (χ4n) is 2.55. The number of halogens is 1. The summed E-state index contributed by atoms with van der Waals surface area (Å²) < 4.78 is 13.5. The lowest BCUT2D eigenvalue weighted by Crippen LogP contribution is -2.06. The summed E-state index contributed by atoms with van der Waals surface area (Å²) in [5, 5.41) is 4.01.